The minimum Gasteiger partial charge on any atom is -0.325 e. The summed E-state index contributed by atoms with van der Waals surface area (Å²) in [5.74, 6) is -1.35. The lowest BCUT2D eigenvalue weighted by Crippen LogP contribution is -2.37. The lowest BCUT2D eigenvalue weighted by Gasteiger charge is -2.22. The monoisotopic (exact) mass is 511 g/mol. The molecule has 33 heavy (non-hydrogen) atoms. The Morgan fingerprint density at radius 2 is 1.61 bits per heavy atom. The fourth-order valence-electron chi connectivity index (χ4n) is 2.85. The molecule has 0 aromatic heterocycles. The smallest absolute Gasteiger partial charge is 0.261 e. The number of sulfonamides is 2. The maximum atomic E-state index is 13.5. The highest BCUT2D eigenvalue weighted by Crippen LogP contribution is 2.22. The molecule has 0 unspecified atom stereocenters. The SMILES string of the molecule is CS(=O)(=O)N(CC(=O)Nc1ccc(S(=O)(=O)Nc2cccc(Cl)c2)cc1)c1cccc(F)c1. The summed E-state index contributed by atoms with van der Waals surface area (Å²) in [6.45, 7) is -0.599. The van der Waals surface area contributed by atoms with Gasteiger partial charge in [0.2, 0.25) is 15.9 Å². The Labute approximate surface area is 196 Å². The van der Waals surface area contributed by atoms with Crippen LogP contribution in [0.25, 0.3) is 0 Å². The number of carbonyl (C=O) groups is 1. The predicted octanol–water partition coefficient (Wildman–Crippen LogP) is 3.68. The van der Waals surface area contributed by atoms with E-state index < -0.39 is 38.3 Å². The van der Waals surface area contributed by atoms with Crippen LogP contribution < -0.4 is 14.3 Å². The fourth-order valence-corrected chi connectivity index (χ4v) is 4.93. The van der Waals surface area contributed by atoms with Crippen molar-refractivity contribution in [2.45, 2.75) is 4.90 Å². The number of nitrogens with one attached hydrogen (secondary N) is 2. The average molecular weight is 512 g/mol. The normalized spacial score (nSPS) is 11.6. The van der Waals surface area contributed by atoms with E-state index in [1.54, 1.807) is 18.2 Å². The molecule has 0 aliphatic carbocycles. The van der Waals surface area contributed by atoms with Crippen molar-refractivity contribution in [3.05, 3.63) is 83.6 Å². The Bertz CT molecular complexity index is 1380. The Balaban J connectivity index is 1.71. The van der Waals surface area contributed by atoms with Crippen molar-refractivity contribution in [1.82, 2.24) is 0 Å². The molecule has 0 fully saturated rings. The van der Waals surface area contributed by atoms with Crippen LogP contribution in [-0.2, 0) is 24.8 Å². The van der Waals surface area contributed by atoms with E-state index in [2.05, 4.69) is 10.0 Å². The Hall–Kier alpha value is -3.15. The van der Waals surface area contributed by atoms with E-state index in [1.807, 2.05) is 0 Å². The van der Waals surface area contributed by atoms with Gasteiger partial charge in [0, 0.05) is 10.7 Å². The average Bonchev–Trinajstić information content (AvgIpc) is 2.71. The van der Waals surface area contributed by atoms with E-state index in [0.29, 0.717) is 5.02 Å². The quantitative estimate of drug-likeness (QED) is 0.479. The fraction of sp³-hybridized carbons (Fsp3) is 0.0952. The number of rotatable bonds is 8. The van der Waals surface area contributed by atoms with Crippen molar-refractivity contribution in [3.63, 3.8) is 0 Å². The lowest BCUT2D eigenvalue weighted by atomic mass is 10.3. The zero-order chi connectivity index (χ0) is 24.2. The summed E-state index contributed by atoms with van der Waals surface area (Å²) in [5.41, 5.74) is 0.536. The van der Waals surface area contributed by atoms with Crippen LogP contribution >= 0.6 is 11.6 Å². The Morgan fingerprint density at radius 1 is 0.939 bits per heavy atom. The second-order valence-corrected chi connectivity index (χ2v) is 11.0. The second kappa shape index (κ2) is 9.77. The van der Waals surface area contributed by atoms with Gasteiger partial charge < -0.3 is 5.32 Å². The van der Waals surface area contributed by atoms with Crippen LogP contribution in [0.1, 0.15) is 0 Å². The van der Waals surface area contributed by atoms with Gasteiger partial charge >= 0.3 is 0 Å². The number of anilines is 3. The third-order valence-corrected chi connectivity index (χ3v) is 7.08. The van der Waals surface area contributed by atoms with E-state index in [0.717, 1.165) is 22.7 Å². The molecule has 3 aromatic carbocycles. The van der Waals surface area contributed by atoms with Gasteiger partial charge in [-0.25, -0.2) is 21.2 Å². The van der Waals surface area contributed by atoms with Gasteiger partial charge in [-0.1, -0.05) is 23.7 Å². The molecule has 1 amide bonds. The van der Waals surface area contributed by atoms with Crippen LogP contribution in [0, 0.1) is 5.82 Å². The van der Waals surface area contributed by atoms with Crippen LogP contribution in [0.15, 0.2) is 77.7 Å². The first-order valence-corrected chi connectivity index (χ1v) is 13.1. The molecule has 0 aliphatic rings. The molecule has 0 bridgehead atoms. The highest BCUT2D eigenvalue weighted by Gasteiger charge is 2.21. The molecule has 0 spiro atoms. The third-order valence-electron chi connectivity index (χ3n) is 4.31. The van der Waals surface area contributed by atoms with Gasteiger partial charge in [-0.05, 0) is 60.7 Å². The highest BCUT2D eigenvalue weighted by molar-refractivity contribution is 7.92. The van der Waals surface area contributed by atoms with Gasteiger partial charge in [0.25, 0.3) is 10.0 Å². The van der Waals surface area contributed by atoms with Crippen molar-refractivity contribution in [2.24, 2.45) is 0 Å². The number of amides is 1. The van der Waals surface area contributed by atoms with Crippen molar-refractivity contribution in [3.8, 4) is 0 Å². The minimum atomic E-state index is -3.90. The molecular formula is C21H19ClFN3O5S2. The maximum absolute atomic E-state index is 13.5. The first-order chi connectivity index (χ1) is 15.4. The number of hydrogen-bond donors (Lipinski definition) is 2. The van der Waals surface area contributed by atoms with Crippen LogP contribution in [0.3, 0.4) is 0 Å². The number of benzene rings is 3. The summed E-state index contributed by atoms with van der Waals surface area (Å²) >= 11 is 5.87. The van der Waals surface area contributed by atoms with E-state index in [4.69, 9.17) is 11.6 Å². The predicted molar refractivity (Wildman–Crippen MR) is 126 cm³/mol. The van der Waals surface area contributed by atoms with E-state index in [-0.39, 0.29) is 22.0 Å². The number of hydrogen-bond acceptors (Lipinski definition) is 5. The van der Waals surface area contributed by atoms with Crippen LogP contribution in [-0.4, -0.2) is 35.5 Å². The van der Waals surface area contributed by atoms with Crippen LogP contribution in [0.2, 0.25) is 5.02 Å². The molecule has 12 heteroatoms. The summed E-state index contributed by atoms with van der Waals surface area (Å²) in [6.07, 6.45) is 0.901. The standard InChI is InChI=1S/C21H19ClFN3O5S2/c1-32(28,29)26(19-7-3-5-16(23)13-19)14-21(27)24-17-8-10-20(11-9-17)33(30,31)25-18-6-2-4-15(22)12-18/h2-13,25H,14H2,1H3,(H,24,27). The Kier molecular flexibility index (Phi) is 7.25. The molecule has 8 nitrogen and oxygen atoms in total. The molecule has 0 saturated carbocycles. The molecular weight excluding hydrogens is 493 g/mol. The summed E-state index contributed by atoms with van der Waals surface area (Å²) in [4.78, 5) is 12.4. The third kappa shape index (κ3) is 6.67. The molecule has 174 valence electrons. The molecule has 3 rings (SSSR count). The highest BCUT2D eigenvalue weighted by atomic mass is 35.5. The molecule has 0 aliphatic heterocycles. The minimum absolute atomic E-state index is 0.00109. The maximum Gasteiger partial charge on any atom is 0.261 e. The zero-order valence-electron chi connectivity index (χ0n) is 17.2. The van der Waals surface area contributed by atoms with E-state index in [9.17, 15) is 26.0 Å². The molecule has 0 saturated heterocycles. The first-order valence-electron chi connectivity index (χ1n) is 9.36. The molecule has 2 N–H and O–H groups in total. The zero-order valence-corrected chi connectivity index (χ0v) is 19.6. The van der Waals surface area contributed by atoms with Gasteiger partial charge in [0.15, 0.2) is 0 Å². The van der Waals surface area contributed by atoms with Gasteiger partial charge in [-0.15, -0.1) is 0 Å². The largest absolute Gasteiger partial charge is 0.325 e. The lowest BCUT2D eigenvalue weighted by molar-refractivity contribution is -0.114. The van der Waals surface area contributed by atoms with Gasteiger partial charge in [-0.3, -0.25) is 13.8 Å². The number of nitrogens with zero attached hydrogens (tertiary/aromatic N) is 1. The van der Waals surface area contributed by atoms with Crippen molar-refractivity contribution in [1.29, 1.82) is 0 Å². The van der Waals surface area contributed by atoms with Gasteiger partial charge in [0.1, 0.15) is 12.4 Å². The van der Waals surface area contributed by atoms with Crippen molar-refractivity contribution < 1.29 is 26.0 Å². The summed E-state index contributed by atoms with van der Waals surface area (Å²) in [5, 5.41) is 2.86. The van der Waals surface area contributed by atoms with E-state index in [1.165, 1.54) is 42.5 Å². The van der Waals surface area contributed by atoms with Crippen molar-refractivity contribution in [2.75, 3.05) is 27.1 Å². The number of carbonyl (C=O) groups excluding carboxylic acids is 1. The molecule has 3 aromatic rings. The van der Waals surface area contributed by atoms with Crippen LogP contribution in [0.5, 0.6) is 0 Å². The Morgan fingerprint density at radius 3 is 2.21 bits per heavy atom. The molecule has 0 atom stereocenters. The topological polar surface area (TPSA) is 113 Å². The first kappa shape index (κ1) is 24.5. The van der Waals surface area contributed by atoms with Gasteiger partial charge in [0.05, 0.1) is 22.5 Å². The summed E-state index contributed by atoms with van der Waals surface area (Å²) in [6, 6.07) is 16.3. The van der Waals surface area contributed by atoms with Crippen LogP contribution in [0.4, 0.5) is 21.5 Å². The van der Waals surface area contributed by atoms with E-state index >= 15 is 0 Å². The molecule has 0 heterocycles. The summed E-state index contributed by atoms with van der Waals surface area (Å²) < 4.78 is 65.9. The summed E-state index contributed by atoms with van der Waals surface area (Å²) in [7, 11) is -7.77. The molecule has 0 radical (unpaired) electrons. The van der Waals surface area contributed by atoms with Gasteiger partial charge in [-0.2, -0.15) is 0 Å². The number of halogens is 2. The second-order valence-electron chi connectivity index (χ2n) is 6.94. The van der Waals surface area contributed by atoms with Crippen molar-refractivity contribution >= 4 is 54.6 Å².